The van der Waals surface area contributed by atoms with Gasteiger partial charge in [-0.25, -0.2) is 0 Å². The number of halogens is 2. The van der Waals surface area contributed by atoms with Gasteiger partial charge in [0, 0.05) is 21.4 Å². The van der Waals surface area contributed by atoms with E-state index in [1.54, 1.807) is 48.5 Å². The first-order valence-electron chi connectivity index (χ1n) is 15.9. The summed E-state index contributed by atoms with van der Waals surface area (Å²) in [6.07, 6.45) is 0. The van der Waals surface area contributed by atoms with Crippen molar-refractivity contribution in [1.82, 2.24) is 10.2 Å². The van der Waals surface area contributed by atoms with E-state index in [9.17, 15) is 14.7 Å². The van der Waals surface area contributed by atoms with Crippen LogP contribution in [0.5, 0.6) is 23.0 Å². The molecule has 2 aliphatic heterocycles. The minimum absolute atomic E-state index is 0.130. The van der Waals surface area contributed by atoms with Crippen LogP contribution in [0.4, 0.5) is 5.13 Å². The number of carbonyl (C=O) groups is 2. The van der Waals surface area contributed by atoms with Gasteiger partial charge < -0.3 is 24.1 Å². The van der Waals surface area contributed by atoms with Crippen LogP contribution < -0.4 is 23.8 Å². The van der Waals surface area contributed by atoms with Gasteiger partial charge in [0.05, 0.1) is 18.2 Å². The molecule has 0 radical (unpaired) electrons. The molecule has 4 aromatic carbocycles. The van der Waals surface area contributed by atoms with Gasteiger partial charge in [-0.3, -0.25) is 14.5 Å². The van der Waals surface area contributed by atoms with E-state index < -0.39 is 17.7 Å². The summed E-state index contributed by atoms with van der Waals surface area (Å²) in [6, 6.07) is 23.9. The molecule has 0 aliphatic carbocycles. The first-order valence-corrected chi connectivity index (χ1v) is 18.4. The number of thioether (sulfide) groups is 1. The van der Waals surface area contributed by atoms with E-state index in [4.69, 9.17) is 42.1 Å². The van der Waals surface area contributed by atoms with Crippen molar-refractivity contribution in [3.8, 4) is 23.0 Å². The fraction of sp³-hybridized carbons (Fsp3) is 0.189. The van der Waals surface area contributed by atoms with E-state index in [0.29, 0.717) is 75.1 Å². The van der Waals surface area contributed by atoms with Crippen molar-refractivity contribution in [2.45, 2.75) is 29.7 Å². The number of hydrogen-bond acceptors (Lipinski definition) is 11. The number of fused-ring (bicyclic) bond motifs is 1. The topological polar surface area (TPSA) is 120 Å². The molecule has 51 heavy (non-hydrogen) atoms. The Balaban J connectivity index is 1.28. The van der Waals surface area contributed by atoms with Crippen LogP contribution in [0.3, 0.4) is 0 Å². The predicted octanol–water partition coefficient (Wildman–Crippen LogP) is 8.51. The molecule has 1 amide bonds. The van der Waals surface area contributed by atoms with E-state index in [-0.39, 0.29) is 22.0 Å². The molecule has 5 aromatic rings. The maximum atomic E-state index is 13.9. The average molecular weight is 763 g/mol. The Bertz CT molecular complexity index is 2140. The molecule has 0 bridgehead atoms. The number of carbonyl (C=O) groups excluding carboxylic acids is 2. The smallest absolute Gasteiger partial charge is 0.301 e. The van der Waals surface area contributed by atoms with Crippen LogP contribution in [0.15, 0.2) is 94.8 Å². The molecule has 10 nitrogen and oxygen atoms in total. The van der Waals surface area contributed by atoms with Crippen LogP contribution in [0, 0.1) is 0 Å². The minimum Gasteiger partial charge on any atom is -0.507 e. The van der Waals surface area contributed by atoms with E-state index >= 15 is 0 Å². The van der Waals surface area contributed by atoms with Gasteiger partial charge in [0.25, 0.3) is 5.78 Å². The third kappa shape index (κ3) is 7.36. The number of benzene rings is 4. The van der Waals surface area contributed by atoms with Gasteiger partial charge in [-0.05, 0) is 66.1 Å². The predicted molar refractivity (Wildman–Crippen MR) is 197 cm³/mol. The molecule has 260 valence electrons. The second-order valence-corrected chi connectivity index (χ2v) is 14.3. The summed E-state index contributed by atoms with van der Waals surface area (Å²) >= 11 is 14.9. The highest BCUT2D eigenvalue weighted by Crippen LogP contribution is 2.46. The summed E-state index contributed by atoms with van der Waals surface area (Å²) in [4.78, 5) is 29.1. The Morgan fingerprint density at radius 3 is 2.53 bits per heavy atom. The highest BCUT2D eigenvalue weighted by atomic mass is 35.5. The molecule has 0 saturated carbocycles. The Hall–Kier alpha value is -4.75. The highest BCUT2D eigenvalue weighted by Gasteiger charge is 2.48. The van der Waals surface area contributed by atoms with Crippen molar-refractivity contribution < 1.29 is 33.6 Å². The lowest BCUT2D eigenvalue weighted by atomic mass is 9.95. The lowest BCUT2D eigenvalue weighted by Gasteiger charge is -2.24. The van der Waals surface area contributed by atoms with Crippen LogP contribution in [0.1, 0.15) is 35.2 Å². The lowest BCUT2D eigenvalue weighted by molar-refractivity contribution is -0.132. The van der Waals surface area contributed by atoms with Crippen LogP contribution in [0.2, 0.25) is 10.0 Å². The van der Waals surface area contributed by atoms with Crippen LogP contribution in [-0.4, -0.2) is 46.8 Å². The molecule has 0 unspecified atom stereocenters. The number of aliphatic hydroxyl groups is 1. The number of nitrogens with zero attached hydrogens (tertiary/aromatic N) is 3. The number of Topliss-reactive ketones (excluding diaryl/α,β-unsaturated/α-hetero) is 1. The third-order valence-electron chi connectivity index (χ3n) is 8.05. The molecular formula is C37H29Cl2N3O7S2. The number of ketones is 1. The lowest BCUT2D eigenvalue weighted by Crippen LogP contribution is -2.29. The van der Waals surface area contributed by atoms with Gasteiger partial charge in [0.15, 0.2) is 27.3 Å². The summed E-state index contributed by atoms with van der Waals surface area (Å²) in [6.45, 7) is 3.21. The summed E-state index contributed by atoms with van der Waals surface area (Å²) in [5.41, 5.74) is 2.46. The largest absolute Gasteiger partial charge is 0.507 e. The van der Waals surface area contributed by atoms with Crippen molar-refractivity contribution in [2.75, 3.05) is 24.7 Å². The zero-order chi connectivity index (χ0) is 35.5. The highest BCUT2D eigenvalue weighted by molar-refractivity contribution is 8.00. The number of aromatic nitrogens is 2. The van der Waals surface area contributed by atoms with E-state index in [1.165, 1.54) is 16.7 Å². The molecule has 1 saturated heterocycles. The Morgan fingerprint density at radius 2 is 1.75 bits per heavy atom. The van der Waals surface area contributed by atoms with Crippen molar-refractivity contribution in [3.05, 3.63) is 123 Å². The zero-order valence-corrected chi connectivity index (χ0v) is 30.2. The van der Waals surface area contributed by atoms with E-state index in [0.717, 1.165) is 22.5 Å². The van der Waals surface area contributed by atoms with Crippen molar-refractivity contribution in [1.29, 1.82) is 0 Å². The molecule has 1 fully saturated rings. The van der Waals surface area contributed by atoms with E-state index in [1.807, 2.05) is 43.3 Å². The SMILES string of the molecule is CCOc1cc([C@@H]2C(=C(O)c3ccc4c(c3)OCCO4)C(=O)C(=O)N2c2nnc(SCc3ccc(Cl)cc3Cl)s2)ccc1OCc1ccccc1. The number of amides is 1. The molecule has 2 aliphatic rings. The Labute approximate surface area is 311 Å². The van der Waals surface area contributed by atoms with Gasteiger partial charge in [-0.2, -0.15) is 0 Å². The Kier molecular flexibility index (Phi) is 10.4. The summed E-state index contributed by atoms with van der Waals surface area (Å²) in [7, 11) is 0. The van der Waals surface area contributed by atoms with Gasteiger partial charge >= 0.3 is 5.91 Å². The second kappa shape index (κ2) is 15.2. The molecule has 3 heterocycles. The molecule has 7 rings (SSSR count). The van der Waals surface area contributed by atoms with Gasteiger partial charge in [-0.1, -0.05) is 88.8 Å². The van der Waals surface area contributed by atoms with Gasteiger partial charge in [0.1, 0.15) is 25.6 Å². The van der Waals surface area contributed by atoms with Crippen molar-refractivity contribution in [2.24, 2.45) is 0 Å². The molecule has 0 spiro atoms. The molecule has 1 atom stereocenters. The fourth-order valence-electron chi connectivity index (χ4n) is 5.65. The number of hydrogen-bond donors (Lipinski definition) is 1. The number of aliphatic hydroxyl groups excluding tert-OH is 1. The van der Waals surface area contributed by atoms with Crippen LogP contribution in [-0.2, 0) is 21.9 Å². The zero-order valence-electron chi connectivity index (χ0n) is 27.0. The number of rotatable bonds is 11. The van der Waals surface area contributed by atoms with Crippen molar-refractivity contribution >= 4 is 68.9 Å². The quantitative estimate of drug-likeness (QED) is 0.0461. The van der Waals surface area contributed by atoms with Gasteiger partial charge in [-0.15, -0.1) is 10.2 Å². The first kappa shape index (κ1) is 34.7. The maximum Gasteiger partial charge on any atom is 0.301 e. The number of anilines is 1. The maximum absolute atomic E-state index is 13.9. The third-order valence-corrected chi connectivity index (χ3v) is 10.7. The van der Waals surface area contributed by atoms with Gasteiger partial charge in [0.2, 0.25) is 5.13 Å². The average Bonchev–Trinajstić information content (AvgIpc) is 3.72. The van der Waals surface area contributed by atoms with Crippen LogP contribution >= 0.6 is 46.3 Å². The molecule has 1 aromatic heterocycles. The summed E-state index contributed by atoms with van der Waals surface area (Å²) in [5, 5.41) is 21.6. The summed E-state index contributed by atoms with van der Waals surface area (Å²) < 4.78 is 24.0. The Morgan fingerprint density at radius 1 is 0.941 bits per heavy atom. The standard InChI is InChI=1S/C37H29Cl2N3O7S2/c1-2-46-29-16-22(9-12-28(29)49-19-21-6-4-3-5-7-21)32-31(33(43)23-10-13-27-30(17-23)48-15-14-47-27)34(44)35(45)42(32)36-40-41-37(51-36)50-20-24-8-11-25(38)18-26(24)39/h3-13,16-18,32,43H,2,14-15,19-20H2,1H3/t32-/m1/s1. The molecule has 14 heteroatoms. The first-order chi connectivity index (χ1) is 24.8. The fourth-order valence-corrected chi connectivity index (χ4v) is 8.07. The monoisotopic (exact) mass is 761 g/mol. The number of ether oxygens (including phenoxy) is 4. The molecule has 1 N–H and O–H groups in total. The van der Waals surface area contributed by atoms with Crippen molar-refractivity contribution in [3.63, 3.8) is 0 Å². The normalized spacial score (nSPS) is 16.4. The van der Waals surface area contributed by atoms with Crippen LogP contribution in [0.25, 0.3) is 5.76 Å². The molecular weight excluding hydrogens is 733 g/mol. The minimum atomic E-state index is -1.09. The summed E-state index contributed by atoms with van der Waals surface area (Å²) in [5.74, 6) is 0.160. The second-order valence-electron chi connectivity index (χ2n) is 11.3. The van der Waals surface area contributed by atoms with E-state index in [2.05, 4.69) is 10.2 Å².